The molecule has 2 atom stereocenters. The molecule has 1 N–H and O–H groups in total. The lowest BCUT2D eigenvalue weighted by atomic mass is 9.70. The molecule has 0 aliphatic heterocycles. The summed E-state index contributed by atoms with van der Waals surface area (Å²) in [6.07, 6.45) is 4.34. The van der Waals surface area contributed by atoms with Crippen LogP contribution in [0.3, 0.4) is 0 Å². The molecular formula is C11H14O3. The second kappa shape index (κ2) is 2.94. The van der Waals surface area contributed by atoms with E-state index in [1.807, 2.05) is 6.92 Å². The largest absolute Gasteiger partial charge is 0.481 e. The summed E-state index contributed by atoms with van der Waals surface area (Å²) in [6, 6.07) is 0. The Hall–Kier alpha value is -1.12. The number of carbonyl (C=O) groups excluding carboxylic acids is 1. The van der Waals surface area contributed by atoms with Gasteiger partial charge in [-0.3, -0.25) is 9.59 Å². The third kappa shape index (κ3) is 1.19. The average molecular weight is 194 g/mol. The maximum atomic E-state index is 11.2. The van der Waals surface area contributed by atoms with Crippen LogP contribution in [0.1, 0.15) is 32.6 Å². The zero-order valence-corrected chi connectivity index (χ0v) is 8.25. The van der Waals surface area contributed by atoms with Crippen LogP contribution < -0.4 is 0 Å². The smallest absolute Gasteiger partial charge is 0.307 e. The van der Waals surface area contributed by atoms with E-state index in [1.165, 1.54) is 0 Å². The standard InChI is InChI=1S/C11H14O3/c1-11-5-4-8(12)6-7(11)2-3-9(11)10(13)14/h6,9H,2-5H2,1H3,(H,13,14). The van der Waals surface area contributed by atoms with Gasteiger partial charge in [-0.25, -0.2) is 0 Å². The Morgan fingerprint density at radius 3 is 2.93 bits per heavy atom. The van der Waals surface area contributed by atoms with Crippen molar-refractivity contribution in [3.05, 3.63) is 11.6 Å². The Bertz CT molecular complexity index is 329. The molecular weight excluding hydrogens is 180 g/mol. The number of ketones is 1. The molecule has 0 aromatic heterocycles. The molecule has 0 spiro atoms. The minimum absolute atomic E-state index is 0.156. The van der Waals surface area contributed by atoms with Gasteiger partial charge in [0, 0.05) is 11.8 Å². The molecule has 1 fully saturated rings. The Morgan fingerprint density at radius 1 is 1.57 bits per heavy atom. The van der Waals surface area contributed by atoms with Crippen molar-refractivity contribution in [1.29, 1.82) is 0 Å². The molecule has 1 saturated carbocycles. The second-order valence-electron chi connectivity index (χ2n) is 4.48. The molecule has 2 unspecified atom stereocenters. The van der Waals surface area contributed by atoms with Gasteiger partial charge in [0.2, 0.25) is 0 Å². The third-order valence-corrected chi connectivity index (χ3v) is 3.73. The Balaban J connectivity index is 2.37. The number of carbonyl (C=O) groups is 2. The van der Waals surface area contributed by atoms with E-state index in [4.69, 9.17) is 5.11 Å². The van der Waals surface area contributed by atoms with Crippen LogP contribution in [-0.4, -0.2) is 16.9 Å². The van der Waals surface area contributed by atoms with Gasteiger partial charge in [0.1, 0.15) is 0 Å². The van der Waals surface area contributed by atoms with Gasteiger partial charge in [0.25, 0.3) is 0 Å². The Morgan fingerprint density at radius 2 is 2.29 bits per heavy atom. The molecule has 2 aliphatic carbocycles. The predicted octanol–water partition coefficient (Wildman–Crippen LogP) is 1.78. The number of carboxylic acids is 1. The third-order valence-electron chi connectivity index (χ3n) is 3.73. The van der Waals surface area contributed by atoms with E-state index in [1.54, 1.807) is 6.08 Å². The van der Waals surface area contributed by atoms with Gasteiger partial charge in [-0.1, -0.05) is 12.5 Å². The van der Waals surface area contributed by atoms with Gasteiger partial charge < -0.3 is 5.11 Å². The van der Waals surface area contributed by atoms with Crippen LogP contribution in [0.4, 0.5) is 0 Å². The molecule has 0 saturated heterocycles. The molecule has 0 aromatic rings. The van der Waals surface area contributed by atoms with Gasteiger partial charge in [-0.05, 0) is 25.3 Å². The number of hydrogen-bond acceptors (Lipinski definition) is 2. The molecule has 76 valence electrons. The summed E-state index contributed by atoms with van der Waals surface area (Å²) >= 11 is 0. The Kier molecular flexibility index (Phi) is 1.98. The number of allylic oxidation sites excluding steroid dienone is 2. The van der Waals surface area contributed by atoms with Crippen molar-refractivity contribution in [2.45, 2.75) is 32.6 Å². The van der Waals surface area contributed by atoms with E-state index in [9.17, 15) is 9.59 Å². The van der Waals surface area contributed by atoms with E-state index in [2.05, 4.69) is 0 Å². The van der Waals surface area contributed by atoms with E-state index >= 15 is 0 Å². The lowest BCUT2D eigenvalue weighted by Gasteiger charge is -2.33. The van der Waals surface area contributed by atoms with Crippen LogP contribution in [0, 0.1) is 11.3 Å². The molecule has 0 heterocycles. The summed E-state index contributed by atoms with van der Waals surface area (Å²) in [5.74, 6) is -0.851. The van der Waals surface area contributed by atoms with Crippen molar-refractivity contribution >= 4 is 11.8 Å². The van der Waals surface area contributed by atoms with E-state index in [-0.39, 0.29) is 17.1 Å². The van der Waals surface area contributed by atoms with Crippen molar-refractivity contribution in [3.63, 3.8) is 0 Å². The zero-order chi connectivity index (χ0) is 10.3. The number of fused-ring (bicyclic) bond motifs is 1. The van der Waals surface area contributed by atoms with Crippen LogP contribution in [0.25, 0.3) is 0 Å². The lowest BCUT2D eigenvalue weighted by Crippen LogP contribution is -2.32. The van der Waals surface area contributed by atoms with Crippen LogP contribution in [0.2, 0.25) is 0 Å². The van der Waals surface area contributed by atoms with Crippen molar-refractivity contribution in [3.8, 4) is 0 Å². The van der Waals surface area contributed by atoms with E-state index in [0.717, 1.165) is 12.0 Å². The maximum absolute atomic E-state index is 11.2. The monoisotopic (exact) mass is 194 g/mol. The highest BCUT2D eigenvalue weighted by Crippen LogP contribution is 2.52. The fourth-order valence-corrected chi connectivity index (χ4v) is 2.74. The van der Waals surface area contributed by atoms with Gasteiger partial charge in [-0.2, -0.15) is 0 Å². The minimum atomic E-state index is -0.717. The molecule has 2 rings (SSSR count). The molecule has 2 aliphatic rings. The number of carboxylic acid groups (broad SMARTS) is 1. The summed E-state index contributed by atoms with van der Waals surface area (Å²) in [5, 5.41) is 9.07. The first-order valence-electron chi connectivity index (χ1n) is 5.01. The first kappa shape index (κ1) is 9.44. The second-order valence-corrected chi connectivity index (χ2v) is 4.48. The van der Waals surface area contributed by atoms with Crippen molar-refractivity contribution in [2.75, 3.05) is 0 Å². The molecule has 3 nitrogen and oxygen atoms in total. The fourth-order valence-electron chi connectivity index (χ4n) is 2.74. The number of rotatable bonds is 1. The van der Waals surface area contributed by atoms with Crippen molar-refractivity contribution in [2.24, 2.45) is 11.3 Å². The molecule has 0 radical (unpaired) electrons. The quantitative estimate of drug-likeness (QED) is 0.692. The van der Waals surface area contributed by atoms with E-state index in [0.29, 0.717) is 19.3 Å². The van der Waals surface area contributed by atoms with Crippen molar-refractivity contribution in [1.82, 2.24) is 0 Å². The van der Waals surface area contributed by atoms with Crippen molar-refractivity contribution < 1.29 is 14.7 Å². The predicted molar refractivity (Wildman–Crippen MR) is 50.8 cm³/mol. The van der Waals surface area contributed by atoms with Gasteiger partial charge in [-0.15, -0.1) is 0 Å². The highest BCUT2D eigenvalue weighted by atomic mass is 16.4. The van der Waals surface area contributed by atoms with Crippen LogP contribution in [-0.2, 0) is 9.59 Å². The maximum Gasteiger partial charge on any atom is 0.307 e. The average Bonchev–Trinajstić information content (AvgIpc) is 2.43. The highest BCUT2D eigenvalue weighted by Gasteiger charge is 2.48. The molecule has 0 aromatic carbocycles. The normalized spacial score (nSPS) is 36.5. The summed E-state index contributed by atoms with van der Waals surface area (Å²) in [5.41, 5.74) is 0.806. The van der Waals surface area contributed by atoms with Gasteiger partial charge >= 0.3 is 5.97 Å². The van der Waals surface area contributed by atoms with Crippen LogP contribution in [0.5, 0.6) is 0 Å². The summed E-state index contributed by atoms with van der Waals surface area (Å²) in [4.78, 5) is 22.2. The highest BCUT2D eigenvalue weighted by molar-refractivity contribution is 5.92. The van der Waals surface area contributed by atoms with Gasteiger partial charge in [0.15, 0.2) is 5.78 Å². The SMILES string of the molecule is CC12CCC(=O)C=C1CCC2C(=O)O. The summed E-state index contributed by atoms with van der Waals surface area (Å²) in [6.45, 7) is 1.98. The van der Waals surface area contributed by atoms with Gasteiger partial charge in [0.05, 0.1) is 5.92 Å². The van der Waals surface area contributed by atoms with Crippen LogP contribution in [0.15, 0.2) is 11.6 Å². The minimum Gasteiger partial charge on any atom is -0.481 e. The number of hydrogen-bond donors (Lipinski definition) is 1. The molecule has 0 amide bonds. The first-order chi connectivity index (χ1) is 6.54. The summed E-state index contributed by atoms with van der Waals surface area (Å²) < 4.78 is 0. The van der Waals surface area contributed by atoms with E-state index < -0.39 is 5.97 Å². The number of aliphatic carboxylic acids is 1. The zero-order valence-electron chi connectivity index (χ0n) is 8.25. The topological polar surface area (TPSA) is 54.4 Å². The lowest BCUT2D eigenvalue weighted by molar-refractivity contribution is -0.145. The molecule has 0 bridgehead atoms. The Labute approximate surface area is 82.8 Å². The molecule has 14 heavy (non-hydrogen) atoms. The molecule has 3 heteroatoms. The fraction of sp³-hybridized carbons (Fsp3) is 0.636. The summed E-state index contributed by atoms with van der Waals surface area (Å²) in [7, 11) is 0. The first-order valence-corrected chi connectivity index (χ1v) is 5.01. The van der Waals surface area contributed by atoms with Crippen LogP contribution >= 0.6 is 0 Å².